The first-order valence-electron chi connectivity index (χ1n) is 8.99. The van der Waals surface area contributed by atoms with Crippen molar-refractivity contribution < 1.29 is 22.6 Å². The lowest BCUT2D eigenvalue weighted by atomic mass is 9.99. The van der Waals surface area contributed by atoms with Crippen LogP contribution in [0.5, 0.6) is 11.5 Å². The minimum atomic E-state index is -3.68. The molecule has 1 heterocycles. The molecular formula is C20H21NO5S2. The van der Waals surface area contributed by atoms with E-state index in [1.807, 2.05) is 19.1 Å². The Morgan fingerprint density at radius 1 is 1.21 bits per heavy atom. The summed E-state index contributed by atoms with van der Waals surface area (Å²) in [6.45, 7) is 2.59. The van der Waals surface area contributed by atoms with E-state index in [9.17, 15) is 8.42 Å². The van der Waals surface area contributed by atoms with Crippen molar-refractivity contribution in [3.8, 4) is 11.5 Å². The molecule has 8 heteroatoms. The summed E-state index contributed by atoms with van der Waals surface area (Å²) < 4.78 is 43.4. The Balaban J connectivity index is 1.81. The molecule has 3 atom stereocenters. The molecular weight excluding hydrogens is 398 g/mol. The molecule has 148 valence electrons. The van der Waals surface area contributed by atoms with E-state index in [-0.39, 0.29) is 23.3 Å². The summed E-state index contributed by atoms with van der Waals surface area (Å²) in [5.41, 5.74) is 5.94. The number of hydrogen-bond donors (Lipinski definition) is 1. The zero-order valence-electron chi connectivity index (χ0n) is 15.3. The van der Waals surface area contributed by atoms with E-state index >= 15 is 0 Å². The average molecular weight is 420 g/mol. The van der Waals surface area contributed by atoms with Crippen molar-refractivity contribution in [2.24, 2.45) is 11.1 Å². The van der Waals surface area contributed by atoms with E-state index in [0.29, 0.717) is 18.1 Å². The highest BCUT2D eigenvalue weighted by molar-refractivity contribution is 7.92. The third-order valence-electron chi connectivity index (χ3n) is 5.42. The van der Waals surface area contributed by atoms with Gasteiger partial charge < -0.3 is 19.9 Å². The van der Waals surface area contributed by atoms with Crippen molar-refractivity contribution in [3.05, 3.63) is 54.1 Å². The van der Waals surface area contributed by atoms with Gasteiger partial charge in [-0.1, -0.05) is 36.5 Å². The number of fused-ring (bicyclic) bond motifs is 1. The Hall–Kier alpha value is -2.16. The van der Waals surface area contributed by atoms with E-state index in [4.69, 9.17) is 32.2 Å². The largest absolute Gasteiger partial charge is 0.454 e. The third-order valence-corrected chi connectivity index (χ3v) is 8.09. The third kappa shape index (κ3) is 2.87. The lowest BCUT2D eigenvalue weighted by Crippen LogP contribution is -2.33. The minimum absolute atomic E-state index is 0.146. The maximum Gasteiger partial charge on any atom is 0.231 e. The van der Waals surface area contributed by atoms with E-state index in [2.05, 4.69) is 0 Å². The maximum atomic E-state index is 13.5. The minimum Gasteiger partial charge on any atom is -0.454 e. The molecule has 1 aliphatic heterocycles. The molecule has 0 spiro atoms. The summed E-state index contributed by atoms with van der Waals surface area (Å²) in [6, 6.07) is 13.8. The van der Waals surface area contributed by atoms with Crippen LogP contribution in [0.1, 0.15) is 18.4 Å². The Bertz CT molecular complexity index is 1010. The lowest BCUT2D eigenvalue weighted by Gasteiger charge is -2.17. The fourth-order valence-corrected chi connectivity index (χ4v) is 6.80. The molecule has 0 unspecified atom stereocenters. The van der Waals surface area contributed by atoms with Gasteiger partial charge in [0.15, 0.2) is 21.3 Å². The van der Waals surface area contributed by atoms with Gasteiger partial charge in [-0.2, -0.15) is 0 Å². The number of sulfone groups is 1. The predicted octanol–water partition coefficient (Wildman–Crippen LogP) is 2.66. The zero-order chi connectivity index (χ0) is 19.9. The highest BCUT2D eigenvalue weighted by Crippen LogP contribution is 2.65. The number of rotatable bonds is 7. The molecule has 0 aromatic heterocycles. The monoisotopic (exact) mass is 419 g/mol. The quantitative estimate of drug-likeness (QED) is 0.690. The zero-order valence-corrected chi connectivity index (χ0v) is 17.0. The number of nitrogens with two attached hydrogens (primary N) is 1. The van der Waals surface area contributed by atoms with Gasteiger partial charge in [0.25, 0.3) is 0 Å². The number of thiocarbonyl (C=S) groups is 1. The highest BCUT2D eigenvalue weighted by atomic mass is 32.2. The number of hydrogen-bond acceptors (Lipinski definition) is 6. The summed E-state index contributed by atoms with van der Waals surface area (Å²) in [5, 5.41) is -0.799. The Morgan fingerprint density at radius 2 is 1.93 bits per heavy atom. The lowest BCUT2D eigenvalue weighted by molar-refractivity contribution is 0.121. The van der Waals surface area contributed by atoms with Crippen LogP contribution in [0.3, 0.4) is 0 Å². The molecule has 0 amide bonds. The standard InChI is InChI=1S/C20H21NO5S2/c1-2-24-11-20(19(21)27)17(13-8-9-15-16(10-13)26-12-25-15)18(20)28(22,23)14-6-4-3-5-7-14/h3-10,17-18H,2,11-12H2,1H3,(H2,21,27)/t17-,18+,20+/m1/s1. The summed E-state index contributed by atoms with van der Waals surface area (Å²) in [7, 11) is -3.68. The second kappa shape index (κ2) is 7.02. The van der Waals surface area contributed by atoms with Crippen molar-refractivity contribution in [2.75, 3.05) is 20.0 Å². The highest BCUT2D eigenvalue weighted by Gasteiger charge is 2.73. The van der Waals surface area contributed by atoms with E-state index in [1.165, 1.54) is 0 Å². The molecule has 2 N–H and O–H groups in total. The van der Waals surface area contributed by atoms with Crippen LogP contribution in [0, 0.1) is 5.41 Å². The molecule has 28 heavy (non-hydrogen) atoms. The van der Waals surface area contributed by atoms with E-state index in [1.54, 1.807) is 36.4 Å². The molecule has 1 fully saturated rings. The van der Waals surface area contributed by atoms with Gasteiger partial charge >= 0.3 is 0 Å². The average Bonchev–Trinajstić information content (AvgIpc) is 3.18. The maximum absolute atomic E-state index is 13.5. The first kappa shape index (κ1) is 19.2. The SMILES string of the molecule is CCOC[C@]1(C(N)=S)[C@H](c2ccc3c(c2)OCO3)[C@@H]1S(=O)(=O)c1ccccc1. The number of benzene rings is 2. The second-order valence-electron chi connectivity index (χ2n) is 6.91. The smallest absolute Gasteiger partial charge is 0.231 e. The van der Waals surface area contributed by atoms with Crippen molar-refractivity contribution in [2.45, 2.75) is 23.0 Å². The molecule has 2 aromatic rings. The normalized spacial score (nSPS) is 25.5. The first-order valence-corrected chi connectivity index (χ1v) is 10.9. The molecule has 2 aliphatic rings. The summed E-state index contributed by atoms with van der Waals surface area (Å²) in [6.07, 6.45) is 0. The van der Waals surface area contributed by atoms with E-state index in [0.717, 1.165) is 5.56 Å². The molecule has 0 bridgehead atoms. The van der Waals surface area contributed by atoms with Crippen LogP contribution in [0.2, 0.25) is 0 Å². The Kier molecular flexibility index (Phi) is 4.81. The van der Waals surface area contributed by atoms with Gasteiger partial charge in [0.05, 0.1) is 27.2 Å². The van der Waals surface area contributed by atoms with Crippen LogP contribution in [0.25, 0.3) is 0 Å². The molecule has 1 aliphatic carbocycles. The fourth-order valence-electron chi connectivity index (χ4n) is 4.00. The van der Waals surface area contributed by atoms with Crippen LogP contribution >= 0.6 is 12.2 Å². The van der Waals surface area contributed by atoms with Gasteiger partial charge in [0.1, 0.15) is 0 Å². The molecule has 0 radical (unpaired) electrons. The Morgan fingerprint density at radius 3 is 2.61 bits per heavy atom. The predicted molar refractivity (Wildman–Crippen MR) is 108 cm³/mol. The Labute approximate surface area is 169 Å². The first-order chi connectivity index (χ1) is 13.4. The van der Waals surface area contributed by atoms with Crippen molar-refractivity contribution in [1.82, 2.24) is 0 Å². The van der Waals surface area contributed by atoms with Crippen LogP contribution in [-0.2, 0) is 14.6 Å². The van der Waals surface area contributed by atoms with Gasteiger partial charge in [0, 0.05) is 12.5 Å². The molecule has 4 rings (SSSR count). The fraction of sp³-hybridized carbons (Fsp3) is 0.350. The molecule has 2 aromatic carbocycles. The number of ether oxygens (including phenoxy) is 3. The summed E-state index contributed by atoms with van der Waals surface area (Å²) >= 11 is 5.36. The van der Waals surface area contributed by atoms with Crippen LogP contribution in [-0.4, -0.2) is 38.7 Å². The topological polar surface area (TPSA) is 87.8 Å². The summed E-state index contributed by atoms with van der Waals surface area (Å²) in [5.74, 6) is 0.808. The van der Waals surface area contributed by atoms with Crippen LogP contribution in [0.15, 0.2) is 53.4 Å². The van der Waals surface area contributed by atoms with Crippen LogP contribution in [0.4, 0.5) is 0 Å². The van der Waals surface area contributed by atoms with Gasteiger partial charge in [0.2, 0.25) is 6.79 Å². The second-order valence-corrected chi connectivity index (χ2v) is 9.42. The molecule has 1 saturated carbocycles. The van der Waals surface area contributed by atoms with Gasteiger partial charge in [-0.3, -0.25) is 0 Å². The van der Waals surface area contributed by atoms with E-state index < -0.39 is 26.4 Å². The van der Waals surface area contributed by atoms with Gasteiger partial charge in [-0.15, -0.1) is 0 Å². The molecule has 0 saturated heterocycles. The van der Waals surface area contributed by atoms with Crippen molar-refractivity contribution in [1.29, 1.82) is 0 Å². The van der Waals surface area contributed by atoms with Crippen molar-refractivity contribution >= 4 is 27.0 Å². The van der Waals surface area contributed by atoms with Gasteiger partial charge in [-0.05, 0) is 36.8 Å². The van der Waals surface area contributed by atoms with Crippen LogP contribution < -0.4 is 15.2 Å². The van der Waals surface area contributed by atoms with Crippen molar-refractivity contribution in [3.63, 3.8) is 0 Å². The molecule has 6 nitrogen and oxygen atoms in total. The summed E-state index contributed by atoms with van der Waals surface area (Å²) in [4.78, 5) is 0.397. The van der Waals surface area contributed by atoms with Gasteiger partial charge in [-0.25, -0.2) is 8.42 Å².